The maximum Gasteiger partial charge on any atom is 0.258 e. The first-order valence-corrected chi connectivity index (χ1v) is 11.8. The molecule has 0 radical (unpaired) electrons. The highest BCUT2D eigenvalue weighted by atomic mass is 16.2. The molecule has 6 aromatic heterocycles. The predicted molar refractivity (Wildman–Crippen MR) is 132 cm³/mol. The van der Waals surface area contributed by atoms with Crippen LogP contribution in [0, 0.1) is 6.92 Å². The molecule has 1 aliphatic rings. The molecule has 1 atom stereocenters. The predicted octanol–water partition coefficient (Wildman–Crippen LogP) is 3.20. The summed E-state index contributed by atoms with van der Waals surface area (Å²) in [5, 5.41) is 13.6. The van der Waals surface area contributed by atoms with Crippen LogP contribution in [0.25, 0.3) is 22.2 Å². The zero-order valence-electron chi connectivity index (χ0n) is 19.8. The number of amides is 1. The molecule has 0 saturated heterocycles. The lowest BCUT2D eigenvalue weighted by Crippen LogP contribution is -2.41. The number of hydrogen-bond acceptors (Lipinski definition) is 5. The van der Waals surface area contributed by atoms with Crippen LogP contribution in [0.4, 0.5) is 0 Å². The lowest BCUT2D eigenvalue weighted by molar-refractivity contribution is 0.0689. The minimum absolute atomic E-state index is 0.0912. The molecule has 178 valence electrons. The van der Waals surface area contributed by atoms with Crippen molar-refractivity contribution in [3.05, 3.63) is 95.9 Å². The minimum atomic E-state index is -0.392. The summed E-state index contributed by atoms with van der Waals surface area (Å²) in [7, 11) is 1.89. The summed E-state index contributed by atoms with van der Waals surface area (Å²) in [6, 6.07) is 9.63. The molecule has 0 aromatic carbocycles. The van der Waals surface area contributed by atoms with Crippen molar-refractivity contribution in [1.29, 1.82) is 0 Å². The van der Waals surface area contributed by atoms with E-state index < -0.39 is 6.04 Å². The molecule has 1 amide bonds. The summed E-state index contributed by atoms with van der Waals surface area (Å²) in [4.78, 5) is 23.7. The minimum Gasteiger partial charge on any atom is -0.348 e. The number of rotatable bonds is 3. The summed E-state index contributed by atoms with van der Waals surface area (Å²) in [5.74, 6) is -0.0912. The van der Waals surface area contributed by atoms with Crippen LogP contribution in [0.1, 0.15) is 39.0 Å². The fraction of sp³-hybridized carbons (Fsp3) is 0.192. The van der Waals surface area contributed by atoms with Crippen LogP contribution in [0.5, 0.6) is 0 Å². The van der Waals surface area contributed by atoms with Gasteiger partial charge in [-0.05, 0) is 30.7 Å². The van der Waals surface area contributed by atoms with Crippen LogP contribution in [0.3, 0.4) is 0 Å². The first-order valence-electron chi connectivity index (χ1n) is 11.8. The average Bonchev–Trinajstić information content (AvgIpc) is 3.68. The second kappa shape index (κ2) is 7.64. The van der Waals surface area contributed by atoms with E-state index in [2.05, 4.69) is 39.2 Å². The molecule has 1 N–H and O–H groups in total. The first-order chi connectivity index (χ1) is 17.6. The van der Waals surface area contributed by atoms with Gasteiger partial charge in [0, 0.05) is 55.4 Å². The number of nitrogens with zero attached hydrogens (tertiary/aromatic N) is 8. The second-order valence-electron chi connectivity index (χ2n) is 9.22. The van der Waals surface area contributed by atoms with Crippen molar-refractivity contribution in [2.24, 2.45) is 7.05 Å². The summed E-state index contributed by atoms with van der Waals surface area (Å²) in [5.41, 5.74) is 8.09. The fourth-order valence-electron chi connectivity index (χ4n) is 5.15. The Labute approximate surface area is 205 Å². The van der Waals surface area contributed by atoms with Gasteiger partial charge in [-0.1, -0.05) is 12.1 Å². The van der Waals surface area contributed by atoms with Crippen molar-refractivity contribution in [2.75, 3.05) is 6.54 Å². The zero-order chi connectivity index (χ0) is 24.4. The van der Waals surface area contributed by atoms with Gasteiger partial charge in [-0.2, -0.15) is 15.3 Å². The Morgan fingerprint density at radius 3 is 2.81 bits per heavy atom. The Bertz CT molecular complexity index is 1770. The third-order valence-corrected chi connectivity index (χ3v) is 6.98. The third kappa shape index (κ3) is 3.07. The molecule has 0 spiro atoms. The molecule has 0 saturated carbocycles. The molecule has 36 heavy (non-hydrogen) atoms. The van der Waals surface area contributed by atoms with E-state index in [4.69, 9.17) is 5.10 Å². The van der Waals surface area contributed by atoms with Gasteiger partial charge in [-0.15, -0.1) is 0 Å². The van der Waals surface area contributed by atoms with Crippen molar-refractivity contribution < 1.29 is 4.79 Å². The lowest BCUT2D eigenvalue weighted by atomic mass is 9.98. The van der Waals surface area contributed by atoms with Gasteiger partial charge in [0.15, 0.2) is 0 Å². The normalized spacial score (nSPS) is 15.6. The van der Waals surface area contributed by atoms with E-state index in [0.717, 1.165) is 44.8 Å². The summed E-state index contributed by atoms with van der Waals surface area (Å²) in [6.45, 7) is 2.61. The van der Waals surface area contributed by atoms with Crippen LogP contribution in [-0.2, 0) is 13.5 Å². The Kier molecular flexibility index (Phi) is 4.38. The topological polar surface area (TPSA) is 101 Å². The van der Waals surface area contributed by atoms with Crippen molar-refractivity contribution in [3.63, 3.8) is 0 Å². The number of aromatic nitrogens is 8. The van der Waals surface area contributed by atoms with Gasteiger partial charge in [-0.3, -0.25) is 9.48 Å². The van der Waals surface area contributed by atoms with E-state index in [1.807, 2.05) is 59.4 Å². The summed E-state index contributed by atoms with van der Waals surface area (Å²) >= 11 is 0. The monoisotopic (exact) mass is 477 g/mol. The molecule has 1 unspecified atom stereocenters. The molecule has 10 heteroatoms. The number of aromatic amines is 1. The van der Waals surface area contributed by atoms with Crippen LogP contribution in [0.2, 0.25) is 0 Å². The summed E-state index contributed by atoms with van der Waals surface area (Å²) in [6.07, 6.45) is 11.7. The Hall–Kier alpha value is -4.73. The molecule has 7 heterocycles. The number of hydrogen-bond donors (Lipinski definition) is 1. The number of aryl methyl sites for hydroxylation is 2. The molecule has 6 aromatic rings. The van der Waals surface area contributed by atoms with E-state index in [0.29, 0.717) is 18.5 Å². The van der Waals surface area contributed by atoms with E-state index in [9.17, 15) is 4.79 Å². The highest BCUT2D eigenvalue weighted by molar-refractivity contribution is 6.01. The van der Waals surface area contributed by atoms with Crippen LogP contribution in [0.15, 0.2) is 67.6 Å². The molecule has 0 bridgehead atoms. The van der Waals surface area contributed by atoms with E-state index >= 15 is 0 Å². The number of imidazole rings is 1. The molecule has 7 rings (SSSR count). The van der Waals surface area contributed by atoms with Crippen molar-refractivity contribution in [3.8, 4) is 11.1 Å². The maximum absolute atomic E-state index is 14.0. The van der Waals surface area contributed by atoms with Gasteiger partial charge >= 0.3 is 0 Å². The van der Waals surface area contributed by atoms with E-state index in [1.54, 1.807) is 21.7 Å². The second-order valence-corrected chi connectivity index (χ2v) is 9.22. The van der Waals surface area contributed by atoms with E-state index in [-0.39, 0.29) is 5.91 Å². The molecule has 1 aliphatic heterocycles. The highest BCUT2D eigenvalue weighted by Gasteiger charge is 2.37. The van der Waals surface area contributed by atoms with Crippen LogP contribution < -0.4 is 0 Å². The Balaban J connectivity index is 1.31. The zero-order valence-corrected chi connectivity index (χ0v) is 19.8. The lowest BCUT2D eigenvalue weighted by Gasteiger charge is -2.33. The van der Waals surface area contributed by atoms with Gasteiger partial charge in [0.2, 0.25) is 0 Å². The number of fused-ring (bicyclic) bond motifs is 3. The number of H-pyrrole nitrogens is 1. The SMILES string of the molecule is Cc1cccn2nc(C3c4nc[nH]c4CCN3C(=O)c3cnn4cc(-c5cnn(C)c5)ccc34)cc12. The van der Waals surface area contributed by atoms with Gasteiger partial charge in [-0.25, -0.2) is 14.0 Å². The van der Waals surface area contributed by atoms with Gasteiger partial charge < -0.3 is 9.88 Å². The van der Waals surface area contributed by atoms with Gasteiger partial charge in [0.25, 0.3) is 5.91 Å². The number of carbonyl (C=O) groups is 1. The number of pyridine rings is 2. The quantitative estimate of drug-likeness (QED) is 0.422. The first kappa shape index (κ1) is 20.6. The number of carbonyl (C=O) groups excluding carboxylic acids is 1. The van der Waals surface area contributed by atoms with Crippen molar-refractivity contribution in [2.45, 2.75) is 19.4 Å². The molecule has 0 fully saturated rings. The van der Waals surface area contributed by atoms with Crippen LogP contribution in [-0.4, -0.2) is 56.3 Å². The summed E-state index contributed by atoms with van der Waals surface area (Å²) < 4.78 is 5.38. The smallest absolute Gasteiger partial charge is 0.258 e. The molecular weight excluding hydrogens is 454 g/mol. The Morgan fingerprint density at radius 2 is 1.97 bits per heavy atom. The molecule has 0 aliphatic carbocycles. The third-order valence-electron chi connectivity index (χ3n) is 6.98. The van der Waals surface area contributed by atoms with Gasteiger partial charge in [0.05, 0.1) is 46.7 Å². The fourth-order valence-corrected chi connectivity index (χ4v) is 5.15. The van der Waals surface area contributed by atoms with Crippen molar-refractivity contribution >= 4 is 16.9 Å². The highest BCUT2D eigenvalue weighted by Crippen LogP contribution is 2.35. The van der Waals surface area contributed by atoms with Crippen molar-refractivity contribution in [1.82, 2.24) is 43.9 Å². The number of nitrogens with one attached hydrogen (secondary N) is 1. The molecular formula is C26H23N9O. The maximum atomic E-state index is 14.0. The standard InChI is InChI=1S/C26H23N9O/c1-16-4-3-8-34-23(16)10-21(31-34)25-24-20(27-15-28-24)7-9-33(25)26(36)19-12-30-35-14-17(5-6-22(19)35)18-11-29-32(2)13-18/h3-6,8,10-15,25H,7,9H2,1-2H3,(H,27,28). The van der Waals surface area contributed by atoms with Crippen LogP contribution >= 0.6 is 0 Å². The largest absolute Gasteiger partial charge is 0.348 e. The van der Waals surface area contributed by atoms with Gasteiger partial charge in [0.1, 0.15) is 6.04 Å². The van der Waals surface area contributed by atoms with E-state index in [1.165, 1.54) is 0 Å². The Morgan fingerprint density at radius 1 is 1.06 bits per heavy atom. The average molecular weight is 478 g/mol. The molecule has 10 nitrogen and oxygen atoms in total.